The lowest BCUT2D eigenvalue weighted by molar-refractivity contribution is 0.651. The minimum Gasteiger partial charge on any atom is -0.309 e. The molecular formula is C45H35N. The first-order valence-electron chi connectivity index (χ1n) is 16.5. The minimum absolute atomic E-state index is 0.0416. The summed E-state index contributed by atoms with van der Waals surface area (Å²) >= 11 is 0. The average Bonchev–Trinajstić information content (AvgIpc) is 3.60. The van der Waals surface area contributed by atoms with Crippen LogP contribution in [-0.2, 0) is 10.8 Å². The summed E-state index contributed by atoms with van der Waals surface area (Å²) in [6, 6.07) is 46.1. The van der Waals surface area contributed by atoms with Gasteiger partial charge in [0.15, 0.2) is 0 Å². The number of benzene rings is 7. The highest BCUT2D eigenvalue weighted by Gasteiger charge is 2.42. The van der Waals surface area contributed by atoms with Gasteiger partial charge in [-0.1, -0.05) is 124 Å². The molecule has 0 saturated carbocycles. The highest BCUT2D eigenvalue weighted by atomic mass is 15.0. The van der Waals surface area contributed by atoms with Crippen LogP contribution in [0.4, 0.5) is 0 Å². The monoisotopic (exact) mass is 589 g/mol. The van der Waals surface area contributed by atoms with Gasteiger partial charge in [-0.3, -0.25) is 0 Å². The van der Waals surface area contributed by atoms with Crippen molar-refractivity contribution in [2.24, 2.45) is 0 Å². The molecule has 0 radical (unpaired) electrons. The van der Waals surface area contributed by atoms with E-state index in [2.05, 4.69) is 161 Å². The van der Waals surface area contributed by atoms with Gasteiger partial charge in [0, 0.05) is 27.0 Å². The van der Waals surface area contributed by atoms with Crippen LogP contribution in [0.2, 0.25) is 0 Å². The maximum Gasteiger partial charge on any atom is 0.0547 e. The van der Waals surface area contributed by atoms with Crippen LogP contribution in [0.3, 0.4) is 0 Å². The maximum atomic E-state index is 2.55. The number of aryl methyl sites for hydroxylation is 1. The Morgan fingerprint density at radius 3 is 1.91 bits per heavy atom. The van der Waals surface area contributed by atoms with E-state index in [0.717, 1.165) is 0 Å². The molecule has 10 rings (SSSR count). The number of hydrogen-bond acceptors (Lipinski definition) is 0. The maximum absolute atomic E-state index is 2.55. The molecule has 1 nitrogen and oxygen atoms in total. The Morgan fingerprint density at radius 2 is 1.09 bits per heavy atom. The zero-order valence-corrected chi connectivity index (χ0v) is 27.0. The van der Waals surface area contributed by atoms with E-state index in [4.69, 9.17) is 0 Å². The zero-order chi connectivity index (χ0) is 31.1. The standard InChI is InChI=1S/C45H35N/c1-26-18-20-29-33-23-37-34(24-36(33)44(2,3)35(29)22-26)42-31-15-9-8-14-30(31)41(25-38(42)45(37,4)5)46-39-17-11-10-16-32(39)43-28-13-7-6-12-27(28)19-21-40(43)46/h6-25H,1-5H3. The molecular weight excluding hydrogens is 555 g/mol. The first-order valence-corrected chi connectivity index (χ1v) is 16.5. The molecule has 0 atom stereocenters. The third-order valence-corrected chi connectivity index (χ3v) is 11.4. The lowest BCUT2D eigenvalue weighted by atomic mass is 9.79. The molecule has 1 heteroatoms. The molecule has 0 fully saturated rings. The molecule has 2 aliphatic rings. The van der Waals surface area contributed by atoms with Gasteiger partial charge in [0.2, 0.25) is 0 Å². The predicted octanol–water partition coefficient (Wildman–Crippen LogP) is 12.0. The Morgan fingerprint density at radius 1 is 0.457 bits per heavy atom. The summed E-state index contributed by atoms with van der Waals surface area (Å²) in [4.78, 5) is 0. The lowest BCUT2D eigenvalue weighted by Gasteiger charge is -2.24. The van der Waals surface area contributed by atoms with Crippen LogP contribution >= 0.6 is 0 Å². The summed E-state index contributed by atoms with van der Waals surface area (Å²) in [6.45, 7) is 11.9. The summed E-state index contributed by atoms with van der Waals surface area (Å²) in [5, 5.41) is 7.83. The number of nitrogens with zero attached hydrogens (tertiary/aromatic N) is 1. The van der Waals surface area contributed by atoms with Crippen molar-refractivity contribution in [1.82, 2.24) is 4.57 Å². The summed E-state index contributed by atoms with van der Waals surface area (Å²) in [5.41, 5.74) is 16.2. The Hall–Kier alpha value is -5.14. The van der Waals surface area contributed by atoms with Crippen molar-refractivity contribution in [3.63, 3.8) is 0 Å². The fraction of sp³-hybridized carbons (Fsp3) is 0.156. The molecule has 0 saturated heterocycles. The molecule has 220 valence electrons. The topological polar surface area (TPSA) is 4.93 Å². The molecule has 0 N–H and O–H groups in total. The quantitative estimate of drug-likeness (QED) is 0.179. The van der Waals surface area contributed by atoms with Gasteiger partial charge in [-0.25, -0.2) is 0 Å². The van der Waals surface area contributed by atoms with Gasteiger partial charge < -0.3 is 4.57 Å². The fourth-order valence-electron chi connectivity index (χ4n) is 9.09. The largest absolute Gasteiger partial charge is 0.309 e. The Balaban J connectivity index is 1.31. The van der Waals surface area contributed by atoms with Gasteiger partial charge in [-0.15, -0.1) is 0 Å². The molecule has 0 aliphatic heterocycles. The Labute approximate surface area is 269 Å². The number of hydrogen-bond donors (Lipinski definition) is 0. The van der Waals surface area contributed by atoms with E-state index in [-0.39, 0.29) is 10.8 Å². The SMILES string of the molecule is Cc1ccc2c(c1)C(C)(C)c1cc3c(cc1-2)C(C)(C)c1cc(-n2c4ccccc4c4c5ccccc5ccc42)c2ccccc2c1-3. The summed E-state index contributed by atoms with van der Waals surface area (Å²) in [6.07, 6.45) is 0. The molecule has 0 bridgehead atoms. The Kier molecular flexibility index (Phi) is 4.86. The minimum atomic E-state index is -0.151. The molecule has 1 heterocycles. The second-order valence-electron chi connectivity index (χ2n) is 14.6. The molecule has 46 heavy (non-hydrogen) atoms. The molecule has 1 aromatic heterocycles. The van der Waals surface area contributed by atoms with Crippen molar-refractivity contribution in [3.05, 3.63) is 149 Å². The Bertz CT molecular complexity index is 2640. The molecule has 0 amide bonds. The lowest BCUT2D eigenvalue weighted by Crippen LogP contribution is -2.17. The summed E-state index contributed by atoms with van der Waals surface area (Å²) < 4.78 is 2.53. The third-order valence-electron chi connectivity index (χ3n) is 11.4. The van der Waals surface area contributed by atoms with Crippen molar-refractivity contribution in [2.45, 2.75) is 45.4 Å². The molecule has 0 spiro atoms. The van der Waals surface area contributed by atoms with Gasteiger partial charge in [-0.2, -0.15) is 0 Å². The van der Waals surface area contributed by atoms with Crippen molar-refractivity contribution in [2.75, 3.05) is 0 Å². The van der Waals surface area contributed by atoms with Gasteiger partial charge >= 0.3 is 0 Å². The molecule has 7 aromatic carbocycles. The summed E-state index contributed by atoms with van der Waals surface area (Å²) in [5.74, 6) is 0. The fourth-order valence-corrected chi connectivity index (χ4v) is 9.09. The third kappa shape index (κ3) is 3.11. The second-order valence-corrected chi connectivity index (χ2v) is 14.6. The van der Waals surface area contributed by atoms with Gasteiger partial charge in [0.1, 0.15) is 0 Å². The van der Waals surface area contributed by atoms with Crippen LogP contribution in [0.1, 0.15) is 55.5 Å². The van der Waals surface area contributed by atoms with Crippen LogP contribution in [0, 0.1) is 6.92 Å². The molecule has 2 aliphatic carbocycles. The first kappa shape index (κ1) is 26.1. The van der Waals surface area contributed by atoms with Gasteiger partial charge in [0.05, 0.1) is 16.7 Å². The van der Waals surface area contributed by atoms with E-state index in [1.54, 1.807) is 0 Å². The van der Waals surface area contributed by atoms with Crippen molar-refractivity contribution in [1.29, 1.82) is 0 Å². The van der Waals surface area contributed by atoms with E-state index in [0.29, 0.717) is 0 Å². The van der Waals surface area contributed by atoms with E-state index in [9.17, 15) is 0 Å². The smallest absolute Gasteiger partial charge is 0.0547 e. The first-order chi connectivity index (χ1) is 22.2. The van der Waals surface area contributed by atoms with Crippen molar-refractivity contribution >= 4 is 43.4 Å². The highest BCUT2D eigenvalue weighted by molar-refractivity contribution is 6.22. The van der Waals surface area contributed by atoms with E-state index < -0.39 is 0 Å². The van der Waals surface area contributed by atoms with Crippen LogP contribution < -0.4 is 0 Å². The molecule has 0 unspecified atom stereocenters. The van der Waals surface area contributed by atoms with E-state index >= 15 is 0 Å². The van der Waals surface area contributed by atoms with Crippen LogP contribution in [0.25, 0.3) is 71.3 Å². The normalized spacial score (nSPS) is 15.4. The van der Waals surface area contributed by atoms with Gasteiger partial charge in [-0.05, 0) is 97.9 Å². The predicted molar refractivity (Wildman–Crippen MR) is 196 cm³/mol. The number of rotatable bonds is 1. The number of para-hydroxylation sites is 1. The average molecular weight is 590 g/mol. The molecule has 8 aromatic rings. The highest BCUT2D eigenvalue weighted by Crippen LogP contribution is 2.58. The van der Waals surface area contributed by atoms with Crippen LogP contribution in [0.15, 0.2) is 121 Å². The van der Waals surface area contributed by atoms with Crippen molar-refractivity contribution < 1.29 is 0 Å². The van der Waals surface area contributed by atoms with E-state index in [1.807, 2.05) is 0 Å². The van der Waals surface area contributed by atoms with Crippen LogP contribution in [-0.4, -0.2) is 4.57 Å². The zero-order valence-electron chi connectivity index (χ0n) is 27.0. The van der Waals surface area contributed by atoms with Crippen molar-refractivity contribution in [3.8, 4) is 27.9 Å². The number of aromatic nitrogens is 1. The number of fused-ring (bicyclic) bond motifs is 13. The second kappa shape index (κ2) is 8.56. The summed E-state index contributed by atoms with van der Waals surface area (Å²) in [7, 11) is 0. The van der Waals surface area contributed by atoms with Crippen LogP contribution in [0.5, 0.6) is 0 Å². The van der Waals surface area contributed by atoms with Gasteiger partial charge in [0.25, 0.3) is 0 Å². The van der Waals surface area contributed by atoms with E-state index in [1.165, 1.54) is 99.1 Å².